The lowest BCUT2D eigenvalue weighted by atomic mass is 9.98. The van der Waals surface area contributed by atoms with Crippen molar-refractivity contribution in [3.05, 3.63) is 34.3 Å². The topological polar surface area (TPSA) is 54.4 Å². The molecule has 0 saturated carbocycles. The van der Waals surface area contributed by atoms with E-state index in [-0.39, 0.29) is 17.5 Å². The third-order valence-electron chi connectivity index (χ3n) is 2.25. The lowest BCUT2D eigenvalue weighted by Gasteiger charge is -2.14. The minimum Gasteiger partial charge on any atom is -0.481 e. The Labute approximate surface area is 113 Å². The second-order valence-electron chi connectivity index (χ2n) is 3.65. The molecule has 5 heteroatoms. The molecule has 0 aliphatic rings. The number of carbonyl (C=O) groups excluding carboxylic acids is 1. The van der Waals surface area contributed by atoms with Gasteiger partial charge >= 0.3 is 5.97 Å². The summed E-state index contributed by atoms with van der Waals surface area (Å²) in [6, 6.07) is 7.53. The predicted molar refractivity (Wildman–Crippen MR) is 72.3 cm³/mol. The first-order valence-corrected chi connectivity index (χ1v) is 6.87. The molecule has 0 saturated heterocycles. The number of hydrogen-bond acceptors (Lipinski definition) is 3. The van der Waals surface area contributed by atoms with Gasteiger partial charge < -0.3 is 5.11 Å². The van der Waals surface area contributed by atoms with E-state index in [2.05, 4.69) is 15.9 Å². The molecule has 0 fully saturated rings. The van der Waals surface area contributed by atoms with Crippen LogP contribution in [-0.2, 0) is 9.59 Å². The second kappa shape index (κ2) is 6.81. The molecule has 1 N–H and O–H groups in total. The van der Waals surface area contributed by atoms with E-state index in [1.54, 1.807) is 0 Å². The summed E-state index contributed by atoms with van der Waals surface area (Å²) in [5.41, 5.74) is 0.948. The Balaban J connectivity index is 2.77. The van der Waals surface area contributed by atoms with Gasteiger partial charge in [-0.2, -0.15) is 0 Å². The van der Waals surface area contributed by atoms with Gasteiger partial charge in [0.15, 0.2) is 5.12 Å². The van der Waals surface area contributed by atoms with Crippen LogP contribution in [-0.4, -0.2) is 21.9 Å². The summed E-state index contributed by atoms with van der Waals surface area (Å²) in [4.78, 5) is 21.7. The van der Waals surface area contributed by atoms with E-state index >= 15 is 0 Å². The number of halogens is 1. The number of carboxylic acid groups (broad SMARTS) is 1. The first-order valence-electron chi connectivity index (χ1n) is 5.09. The maximum Gasteiger partial charge on any atom is 0.303 e. The van der Waals surface area contributed by atoms with Gasteiger partial charge in [-0.3, -0.25) is 9.59 Å². The molecule has 0 heterocycles. The first kappa shape index (κ1) is 14.3. The maximum atomic E-state index is 10.9. The van der Waals surface area contributed by atoms with Crippen LogP contribution in [0.3, 0.4) is 0 Å². The van der Waals surface area contributed by atoms with Crippen LogP contribution >= 0.6 is 27.7 Å². The van der Waals surface area contributed by atoms with Crippen molar-refractivity contribution >= 4 is 38.8 Å². The van der Waals surface area contributed by atoms with Gasteiger partial charge in [-0.1, -0.05) is 39.8 Å². The number of thioether (sulfide) groups is 1. The van der Waals surface area contributed by atoms with Gasteiger partial charge in [0.05, 0.1) is 6.42 Å². The standard InChI is InChI=1S/C12H13BrO3S/c1-8(14)17-7-10(6-12(15)16)9-2-4-11(13)5-3-9/h2-5,10H,6-7H2,1H3,(H,15,16). The van der Waals surface area contributed by atoms with E-state index < -0.39 is 5.97 Å². The number of carbonyl (C=O) groups is 2. The highest BCUT2D eigenvalue weighted by Gasteiger charge is 2.16. The van der Waals surface area contributed by atoms with Crippen molar-refractivity contribution in [2.24, 2.45) is 0 Å². The molecule has 0 radical (unpaired) electrons. The number of benzene rings is 1. The molecule has 1 atom stereocenters. The number of rotatable bonds is 5. The van der Waals surface area contributed by atoms with Crippen LogP contribution in [0.5, 0.6) is 0 Å². The van der Waals surface area contributed by atoms with Gasteiger partial charge in [0.25, 0.3) is 0 Å². The predicted octanol–water partition coefficient (Wildman–Crippen LogP) is 3.29. The van der Waals surface area contributed by atoms with E-state index in [9.17, 15) is 9.59 Å². The molecule has 0 bridgehead atoms. The second-order valence-corrected chi connectivity index (χ2v) is 5.76. The van der Waals surface area contributed by atoms with E-state index in [1.165, 1.54) is 18.7 Å². The average molecular weight is 317 g/mol. The minimum atomic E-state index is -0.845. The molecule has 17 heavy (non-hydrogen) atoms. The Bertz CT molecular complexity index is 403. The van der Waals surface area contributed by atoms with Crippen LogP contribution in [0.25, 0.3) is 0 Å². The van der Waals surface area contributed by atoms with Crippen molar-refractivity contribution in [1.82, 2.24) is 0 Å². The zero-order chi connectivity index (χ0) is 12.8. The van der Waals surface area contributed by atoms with E-state index in [1.807, 2.05) is 24.3 Å². The van der Waals surface area contributed by atoms with Crippen LogP contribution in [0.1, 0.15) is 24.8 Å². The van der Waals surface area contributed by atoms with E-state index in [0.29, 0.717) is 5.75 Å². The van der Waals surface area contributed by atoms with Crippen molar-refractivity contribution in [2.45, 2.75) is 19.3 Å². The molecule has 92 valence electrons. The summed E-state index contributed by atoms with van der Waals surface area (Å²) in [6.45, 7) is 1.49. The van der Waals surface area contributed by atoms with Gasteiger partial charge in [0, 0.05) is 23.1 Å². The summed E-state index contributed by atoms with van der Waals surface area (Å²) in [5, 5.41) is 8.87. The van der Waals surface area contributed by atoms with E-state index in [0.717, 1.165) is 10.0 Å². The molecule has 0 aliphatic heterocycles. The fourth-order valence-electron chi connectivity index (χ4n) is 1.44. The fourth-order valence-corrected chi connectivity index (χ4v) is 2.45. The summed E-state index contributed by atoms with van der Waals surface area (Å²) in [6.07, 6.45) is 0.0436. The highest BCUT2D eigenvalue weighted by Crippen LogP contribution is 2.26. The number of hydrogen-bond donors (Lipinski definition) is 1. The molecule has 0 aliphatic carbocycles. The Morgan fingerprint density at radius 1 is 1.35 bits per heavy atom. The van der Waals surface area contributed by atoms with E-state index in [4.69, 9.17) is 5.11 Å². The molecule has 0 amide bonds. The number of aliphatic carboxylic acids is 1. The first-order chi connectivity index (χ1) is 7.99. The fraction of sp³-hybridized carbons (Fsp3) is 0.333. The highest BCUT2D eigenvalue weighted by molar-refractivity contribution is 9.10. The summed E-state index contributed by atoms with van der Waals surface area (Å²) in [7, 11) is 0. The molecule has 1 rings (SSSR count). The summed E-state index contributed by atoms with van der Waals surface area (Å²) >= 11 is 4.50. The molecular formula is C12H13BrO3S. The molecular weight excluding hydrogens is 304 g/mol. The van der Waals surface area contributed by atoms with Crippen molar-refractivity contribution in [2.75, 3.05) is 5.75 Å². The Morgan fingerprint density at radius 3 is 2.41 bits per heavy atom. The van der Waals surface area contributed by atoms with Crippen LogP contribution in [0.15, 0.2) is 28.7 Å². The smallest absolute Gasteiger partial charge is 0.303 e. The van der Waals surface area contributed by atoms with Crippen LogP contribution < -0.4 is 0 Å². The lowest BCUT2D eigenvalue weighted by Crippen LogP contribution is -2.09. The normalized spacial score (nSPS) is 12.1. The molecule has 0 spiro atoms. The van der Waals surface area contributed by atoms with Gasteiger partial charge in [-0.05, 0) is 17.7 Å². The Hall–Kier alpha value is -0.810. The molecule has 0 aromatic heterocycles. The van der Waals surface area contributed by atoms with Crippen LogP contribution in [0.4, 0.5) is 0 Å². The monoisotopic (exact) mass is 316 g/mol. The number of carboxylic acids is 1. The average Bonchev–Trinajstić information content (AvgIpc) is 2.25. The zero-order valence-corrected chi connectivity index (χ0v) is 11.8. The summed E-state index contributed by atoms with van der Waals surface area (Å²) in [5.74, 6) is -0.472. The molecule has 1 aromatic carbocycles. The SMILES string of the molecule is CC(=O)SCC(CC(=O)O)c1ccc(Br)cc1. The lowest BCUT2D eigenvalue weighted by molar-refractivity contribution is -0.137. The van der Waals surface area contributed by atoms with Crippen LogP contribution in [0, 0.1) is 0 Å². The third-order valence-corrected chi connectivity index (χ3v) is 3.75. The van der Waals surface area contributed by atoms with Crippen molar-refractivity contribution in [3.63, 3.8) is 0 Å². The minimum absolute atomic E-state index is 0.0116. The Morgan fingerprint density at radius 2 is 1.94 bits per heavy atom. The third kappa shape index (κ3) is 5.37. The highest BCUT2D eigenvalue weighted by atomic mass is 79.9. The zero-order valence-electron chi connectivity index (χ0n) is 9.35. The largest absolute Gasteiger partial charge is 0.481 e. The quantitative estimate of drug-likeness (QED) is 0.905. The van der Waals surface area contributed by atoms with Gasteiger partial charge in [-0.25, -0.2) is 0 Å². The molecule has 1 aromatic rings. The van der Waals surface area contributed by atoms with Crippen LogP contribution in [0.2, 0.25) is 0 Å². The maximum absolute atomic E-state index is 10.9. The molecule has 1 unspecified atom stereocenters. The van der Waals surface area contributed by atoms with Crippen molar-refractivity contribution < 1.29 is 14.7 Å². The Kier molecular flexibility index (Phi) is 5.71. The van der Waals surface area contributed by atoms with Gasteiger partial charge in [-0.15, -0.1) is 0 Å². The van der Waals surface area contributed by atoms with Crippen molar-refractivity contribution in [1.29, 1.82) is 0 Å². The van der Waals surface area contributed by atoms with Gasteiger partial charge in [0.2, 0.25) is 0 Å². The molecule has 3 nitrogen and oxygen atoms in total. The van der Waals surface area contributed by atoms with Gasteiger partial charge in [0.1, 0.15) is 0 Å². The van der Waals surface area contributed by atoms with Crippen molar-refractivity contribution in [3.8, 4) is 0 Å². The summed E-state index contributed by atoms with van der Waals surface area (Å²) < 4.78 is 0.953.